The van der Waals surface area contributed by atoms with E-state index in [4.69, 9.17) is 4.98 Å². The molecule has 1 saturated heterocycles. The molecule has 2 aromatic carbocycles. The summed E-state index contributed by atoms with van der Waals surface area (Å²) in [6, 6.07) is 11.9. The predicted octanol–water partition coefficient (Wildman–Crippen LogP) is 3.43. The van der Waals surface area contributed by atoms with Gasteiger partial charge in [-0.25, -0.2) is 14.1 Å². The zero-order chi connectivity index (χ0) is 24.5. The van der Waals surface area contributed by atoms with Gasteiger partial charge >= 0.3 is 0 Å². The van der Waals surface area contributed by atoms with E-state index >= 15 is 0 Å². The van der Waals surface area contributed by atoms with E-state index in [-0.39, 0.29) is 18.1 Å². The van der Waals surface area contributed by atoms with Gasteiger partial charge < -0.3 is 15.2 Å². The number of halogens is 1. The van der Waals surface area contributed by atoms with Crippen LogP contribution < -0.4 is 5.32 Å². The SMILES string of the molecule is Cc1nn(-c2ccc(F)cc2)c(C)c1CC(=O)Nc1ccc2nc(CN3CCN(C)CC3)[nH]c2c1. The number of fused-ring (bicyclic) bond motifs is 1. The molecule has 9 heteroatoms. The van der Waals surface area contributed by atoms with Gasteiger partial charge in [0.1, 0.15) is 11.6 Å². The van der Waals surface area contributed by atoms with Crippen LogP contribution >= 0.6 is 0 Å². The molecule has 35 heavy (non-hydrogen) atoms. The molecular formula is C26H30FN7O. The molecule has 0 atom stereocenters. The topological polar surface area (TPSA) is 82.1 Å². The van der Waals surface area contributed by atoms with Gasteiger partial charge in [-0.1, -0.05) is 0 Å². The summed E-state index contributed by atoms with van der Waals surface area (Å²) in [6.07, 6.45) is 0.203. The van der Waals surface area contributed by atoms with Crippen molar-refractivity contribution in [2.45, 2.75) is 26.8 Å². The number of H-pyrrole nitrogens is 1. The Balaban J connectivity index is 1.26. The van der Waals surface area contributed by atoms with E-state index in [1.165, 1.54) is 12.1 Å². The van der Waals surface area contributed by atoms with Crippen LogP contribution in [-0.2, 0) is 17.8 Å². The van der Waals surface area contributed by atoms with Crippen molar-refractivity contribution in [3.63, 3.8) is 0 Å². The Bertz CT molecular complexity index is 1350. The number of anilines is 1. The minimum atomic E-state index is -0.296. The van der Waals surface area contributed by atoms with Crippen LogP contribution in [0.5, 0.6) is 0 Å². The van der Waals surface area contributed by atoms with Gasteiger partial charge in [-0.3, -0.25) is 9.69 Å². The number of aryl methyl sites for hydroxylation is 1. The van der Waals surface area contributed by atoms with Crippen LogP contribution in [0.4, 0.5) is 10.1 Å². The molecule has 0 saturated carbocycles. The number of hydrogen-bond acceptors (Lipinski definition) is 5. The minimum Gasteiger partial charge on any atom is -0.341 e. The molecule has 2 N–H and O–H groups in total. The molecule has 2 aromatic heterocycles. The van der Waals surface area contributed by atoms with E-state index in [9.17, 15) is 9.18 Å². The van der Waals surface area contributed by atoms with Crippen molar-refractivity contribution < 1.29 is 9.18 Å². The fraction of sp³-hybridized carbons (Fsp3) is 0.346. The third-order valence-electron chi connectivity index (χ3n) is 6.63. The van der Waals surface area contributed by atoms with Crippen molar-refractivity contribution in [3.05, 3.63) is 71.1 Å². The average Bonchev–Trinajstić information content (AvgIpc) is 3.36. The molecule has 0 spiro atoms. The van der Waals surface area contributed by atoms with Gasteiger partial charge in [-0.2, -0.15) is 5.10 Å². The molecule has 0 bridgehead atoms. The number of benzene rings is 2. The van der Waals surface area contributed by atoms with Crippen LogP contribution in [0.25, 0.3) is 16.7 Å². The van der Waals surface area contributed by atoms with Crippen LogP contribution in [0.15, 0.2) is 42.5 Å². The van der Waals surface area contributed by atoms with E-state index in [1.807, 2.05) is 32.0 Å². The number of nitrogens with zero attached hydrogens (tertiary/aromatic N) is 5. The summed E-state index contributed by atoms with van der Waals surface area (Å²) < 4.78 is 15.0. The number of nitrogens with one attached hydrogen (secondary N) is 2. The first kappa shape index (κ1) is 23.2. The largest absolute Gasteiger partial charge is 0.341 e. The Morgan fingerprint density at radius 1 is 1.09 bits per heavy atom. The Morgan fingerprint density at radius 3 is 2.57 bits per heavy atom. The fourth-order valence-electron chi connectivity index (χ4n) is 4.56. The van der Waals surface area contributed by atoms with Crippen molar-refractivity contribution in [1.29, 1.82) is 0 Å². The van der Waals surface area contributed by atoms with Crippen molar-refractivity contribution >= 4 is 22.6 Å². The van der Waals surface area contributed by atoms with Crippen molar-refractivity contribution in [3.8, 4) is 5.69 Å². The lowest BCUT2D eigenvalue weighted by Gasteiger charge is -2.31. The average molecular weight is 476 g/mol. The second-order valence-electron chi connectivity index (χ2n) is 9.26. The van der Waals surface area contributed by atoms with Crippen molar-refractivity contribution in [1.82, 2.24) is 29.5 Å². The Kier molecular flexibility index (Phi) is 6.36. The number of likely N-dealkylation sites (N-methyl/N-ethyl adjacent to an activating group) is 1. The zero-order valence-corrected chi connectivity index (χ0v) is 20.3. The third kappa shape index (κ3) is 5.11. The first-order chi connectivity index (χ1) is 16.9. The summed E-state index contributed by atoms with van der Waals surface area (Å²) in [5.74, 6) is 0.523. The molecule has 0 unspecified atom stereocenters. The first-order valence-corrected chi connectivity index (χ1v) is 11.9. The third-order valence-corrected chi connectivity index (χ3v) is 6.63. The number of aromatic nitrogens is 4. The van der Waals surface area contributed by atoms with Crippen LogP contribution in [0.3, 0.4) is 0 Å². The van der Waals surface area contributed by atoms with Crippen molar-refractivity contribution in [2.24, 2.45) is 0 Å². The number of hydrogen-bond donors (Lipinski definition) is 2. The second-order valence-corrected chi connectivity index (χ2v) is 9.26. The Hall–Kier alpha value is -3.56. The summed E-state index contributed by atoms with van der Waals surface area (Å²) in [5.41, 5.74) is 5.78. The number of aromatic amines is 1. The zero-order valence-electron chi connectivity index (χ0n) is 20.3. The highest BCUT2D eigenvalue weighted by atomic mass is 19.1. The number of rotatable bonds is 6. The number of carbonyl (C=O) groups is 1. The standard InChI is InChI=1S/C26H30FN7O/c1-17-22(18(2)34(31-17)21-7-4-19(27)5-8-21)15-26(35)28-20-6-9-23-24(14-20)30-25(29-23)16-33-12-10-32(3)11-13-33/h4-9,14H,10-13,15-16H2,1-3H3,(H,28,35)(H,29,30). The maximum absolute atomic E-state index is 13.3. The van der Waals surface area contributed by atoms with Crippen molar-refractivity contribution in [2.75, 3.05) is 38.5 Å². The van der Waals surface area contributed by atoms with Gasteiger partial charge in [-0.05, 0) is 63.4 Å². The summed E-state index contributed by atoms with van der Waals surface area (Å²) in [5, 5.41) is 7.56. The lowest BCUT2D eigenvalue weighted by atomic mass is 10.1. The molecule has 0 radical (unpaired) electrons. The molecule has 182 valence electrons. The lowest BCUT2D eigenvalue weighted by Crippen LogP contribution is -2.44. The Labute approximate surface area is 203 Å². The molecule has 0 aliphatic carbocycles. The van der Waals surface area contributed by atoms with E-state index in [2.05, 4.69) is 32.2 Å². The van der Waals surface area contributed by atoms with Crippen LogP contribution in [0, 0.1) is 19.7 Å². The molecule has 8 nitrogen and oxygen atoms in total. The molecule has 1 amide bonds. The molecule has 1 aliphatic heterocycles. The van der Waals surface area contributed by atoms with E-state index in [0.717, 1.165) is 77.9 Å². The number of imidazole rings is 1. The number of piperazine rings is 1. The highest BCUT2D eigenvalue weighted by Crippen LogP contribution is 2.21. The summed E-state index contributed by atoms with van der Waals surface area (Å²) >= 11 is 0. The number of amides is 1. The summed E-state index contributed by atoms with van der Waals surface area (Å²) in [7, 11) is 2.15. The maximum atomic E-state index is 13.3. The van der Waals surface area contributed by atoms with Crippen LogP contribution in [0.2, 0.25) is 0 Å². The first-order valence-electron chi connectivity index (χ1n) is 11.9. The predicted molar refractivity (Wildman–Crippen MR) is 134 cm³/mol. The molecule has 1 fully saturated rings. The highest BCUT2D eigenvalue weighted by molar-refractivity contribution is 5.94. The van der Waals surface area contributed by atoms with Gasteiger partial charge in [0.25, 0.3) is 0 Å². The molecule has 1 aliphatic rings. The normalized spacial score (nSPS) is 15.1. The summed E-state index contributed by atoms with van der Waals surface area (Å²) in [4.78, 5) is 25.7. The monoisotopic (exact) mass is 475 g/mol. The van der Waals surface area contributed by atoms with Crippen LogP contribution in [0.1, 0.15) is 22.8 Å². The van der Waals surface area contributed by atoms with E-state index < -0.39 is 0 Å². The van der Waals surface area contributed by atoms with Crippen LogP contribution in [-0.4, -0.2) is 68.7 Å². The molecule has 5 rings (SSSR count). The van der Waals surface area contributed by atoms with Gasteiger partial charge in [0.2, 0.25) is 5.91 Å². The Morgan fingerprint density at radius 2 is 1.83 bits per heavy atom. The molecule has 3 heterocycles. The van der Waals surface area contributed by atoms with Gasteiger partial charge in [0.05, 0.1) is 35.4 Å². The fourth-order valence-corrected chi connectivity index (χ4v) is 4.56. The quantitative estimate of drug-likeness (QED) is 0.447. The summed E-state index contributed by atoms with van der Waals surface area (Å²) in [6.45, 7) is 8.80. The molecule has 4 aromatic rings. The van der Waals surface area contributed by atoms with E-state index in [1.54, 1.807) is 16.8 Å². The van der Waals surface area contributed by atoms with Gasteiger partial charge in [0, 0.05) is 43.1 Å². The van der Waals surface area contributed by atoms with Gasteiger partial charge in [-0.15, -0.1) is 0 Å². The maximum Gasteiger partial charge on any atom is 0.228 e. The molecular weight excluding hydrogens is 445 g/mol. The lowest BCUT2D eigenvalue weighted by molar-refractivity contribution is -0.115. The smallest absolute Gasteiger partial charge is 0.228 e. The van der Waals surface area contributed by atoms with Gasteiger partial charge in [0.15, 0.2) is 0 Å². The minimum absolute atomic E-state index is 0.119. The number of carbonyl (C=O) groups excluding carboxylic acids is 1. The van der Waals surface area contributed by atoms with E-state index in [0.29, 0.717) is 0 Å². The second kappa shape index (κ2) is 9.59. The highest BCUT2D eigenvalue weighted by Gasteiger charge is 2.18.